The molecule has 2 aromatic heterocycles. The first-order chi connectivity index (χ1) is 29.3. The van der Waals surface area contributed by atoms with Gasteiger partial charge in [0.25, 0.3) is 0 Å². The van der Waals surface area contributed by atoms with Gasteiger partial charge in [-0.15, -0.1) is 0 Å². The number of allylic oxidation sites excluding steroid dienone is 2. The van der Waals surface area contributed by atoms with Crippen molar-refractivity contribution in [2.75, 3.05) is 27.4 Å². The van der Waals surface area contributed by atoms with Crippen molar-refractivity contribution >= 4 is 41.2 Å². The summed E-state index contributed by atoms with van der Waals surface area (Å²) >= 11 is 0. The van der Waals surface area contributed by atoms with Gasteiger partial charge in [-0.25, -0.2) is 9.59 Å². The van der Waals surface area contributed by atoms with E-state index in [1.54, 1.807) is 0 Å². The lowest BCUT2D eigenvalue weighted by Gasteiger charge is -2.52. The third kappa shape index (κ3) is 5.44. The van der Waals surface area contributed by atoms with Crippen LogP contribution in [0.5, 0.6) is 0 Å². The second-order valence-electron chi connectivity index (χ2n) is 18.8. The van der Waals surface area contributed by atoms with E-state index in [-0.39, 0.29) is 71.5 Å². The number of rotatable bonds is 6. The number of ether oxygens (including phenoxy) is 6. The molecule has 4 heterocycles. The summed E-state index contributed by atoms with van der Waals surface area (Å²) in [7, 11) is 3.02. The minimum Gasteiger partial charge on any atom is -0.460 e. The predicted octanol–water partition coefficient (Wildman–Crippen LogP) is 4.86. The Morgan fingerprint density at radius 2 is 1.16 bits per heavy atom. The highest BCUT2D eigenvalue weighted by atomic mass is 16.6. The number of fused-ring (bicyclic) bond motifs is 6. The summed E-state index contributed by atoms with van der Waals surface area (Å²) in [5, 5.41) is 10.8. The molecule has 2 fully saturated rings. The molecule has 0 saturated heterocycles. The Morgan fingerprint density at radius 1 is 0.694 bits per heavy atom. The molecular formula is C46H50O16. The van der Waals surface area contributed by atoms with Gasteiger partial charge < -0.3 is 42.4 Å². The van der Waals surface area contributed by atoms with Gasteiger partial charge in [-0.3, -0.25) is 24.0 Å². The van der Waals surface area contributed by atoms with Crippen LogP contribution in [0, 0.1) is 22.7 Å². The SMILES string of the molecule is COC[C@H]1OC(=O)c2coc3c2[C@@]1(C)C1=C(C3=O)[C@@H]2CCC(=O)[C@@]2(C)C[C@H]1OC(C)=O.COC[C@H]1OC(=O)c2coc3c2[C@@]1(C)C1=C(C3=O)[C@@H]2CC[C@H](O)[C@@]2(C)C[C@H]1OC(C)=O. The fourth-order valence-corrected chi connectivity index (χ4v) is 12.8. The summed E-state index contributed by atoms with van der Waals surface area (Å²) < 4.78 is 44.9. The number of hydrogen-bond acceptors (Lipinski definition) is 16. The second-order valence-corrected chi connectivity index (χ2v) is 18.8. The van der Waals surface area contributed by atoms with Crippen molar-refractivity contribution in [2.45, 2.75) is 121 Å². The van der Waals surface area contributed by atoms with Crippen LogP contribution in [0.1, 0.15) is 133 Å². The van der Waals surface area contributed by atoms with Crippen LogP contribution in [0.4, 0.5) is 0 Å². The van der Waals surface area contributed by atoms with E-state index in [1.165, 1.54) is 40.6 Å². The zero-order valence-corrected chi connectivity index (χ0v) is 35.9. The van der Waals surface area contributed by atoms with Gasteiger partial charge in [0, 0.05) is 79.9 Å². The maximum atomic E-state index is 13.7. The van der Waals surface area contributed by atoms with E-state index < -0.39 is 76.1 Å². The largest absolute Gasteiger partial charge is 0.460 e. The van der Waals surface area contributed by atoms with E-state index in [4.69, 9.17) is 37.3 Å². The van der Waals surface area contributed by atoms with Crippen LogP contribution in [0.25, 0.3) is 0 Å². The monoisotopic (exact) mass is 858 g/mol. The van der Waals surface area contributed by atoms with E-state index in [9.17, 15) is 38.7 Å². The van der Waals surface area contributed by atoms with Crippen LogP contribution < -0.4 is 0 Å². The van der Waals surface area contributed by atoms with Gasteiger partial charge in [-0.2, -0.15) is 0 Å². The Kier molecular flexibility index (Phi) is 9.62. The molecule has 0 bridgehead atoms. The first-order valence-electron chi connectivity index (χ1n) is 21.1. The maximum absolute atomic E-state index is 13.7. The van der Waals surface area contributed by atoms with Crippen LogP contribution in [0.2, 0.25) is 0 Å². The molecule has 0 aromatic carbocycles. The molecule has 0 spiro atoms. The van der Waals surface area contributed by atoms with E-state index in [0.29, 0.717) is 65.5 Å². The summed E-state index contributed by atoms with van der Waals surface area (Å²) in [6.45, 7) is 10.4. The summed E-state index contributed by atoms with van der Waals surface area (Å²) in [6, 6.07) is 0. The van der Waals surface area contributed by atoms with Gasteiger partial charge in [0.2, 0.25) is 11.6 Å². The molecule has 16 heteroatoms. The average molecular weight is 859 g/mol. The number of aliphatic hydroxyl groups is 1. The molecule has 62 heavy (non-hydrogen) atoms. The number of cyclic esters (lactones) is 2. The topological polar surface area (TPSA) is 221 Å². The first-order valence-corrected chi connectivity index (χ1v) is 21.1. The Labute approximate surface area is 356 Å². The van der Waals surface area contributed by atoms with E-state index in [2.05, 4.69) is 0 Å². The molecule has 2 saturated carbocycles. The molecule has 8 aliphatic rings. The maximum Gasteiger partial charge on any atom is 0.342 e. The highest BCUT2D eigenvalue weighted by Crippen LogP contribution is 2.63. The van der Waals surface area contributed by atoms with Crippen LogP contribution >= 0.6 is 0 Å². The number of aliphatic hydroxyl groups excluding tert-OH is 1. The summed E-state index contributed by atoms with van der Waals surface area (Å²) in [6.07, 6.45) is 1.69. The van der Waals surface area contributed by atoms with Crippen molar-refractivity contribution in [3.05, 3.63) is 68.6 Å². The molecule has 1 N–H and O–H groups in total. The van der Waals surface area contributed by atoms with Crippen LogP contribution in [0.3, 0.4) is 0 Å². The quantitative estimate of drug-likeness (QED) is 0.303. The van der Waals surface area contributed by atoms with Crippen LogP contribution in [-0.2, 0) is 53.6 Å². The fraction of sp³-hybridized carbons (Fsp3) is 0.587. The molecule has 6 aliphatic carbocycles. The summed E-state index contributed by atoms with van der Waals surface area (Å²) in [4.78, 5) is 89.6. The Morgan fingerprint density at radius 3 is 1.63 bits per heavy atom. The molecular weight excluding hydrogens is 808 g/mol. The minimum atomic E-state index is -0.988. The average Bonchev–Trinajstić information content (AvgIpc) is 3.99. The minimum absolute atomic E-state index is 0.0635. The van der Waals surface area contributed by atoms with E-state index in [1.807, 2.05) is 27.7 Å². The second kappa shape index (κ2) is 14.2. The number of ketones is 3. The molecule has 16 nitrogen and oxygen atoms in total. The number of furan rings is 2. The predicted molar refractivity (Wildman–Crippen MR) is 210 cm³/mol. The molecule has 330 valence electrons. The molecule has 0 radical (unpaired) electrons. The van der Waals surface area contributed by atoms with Gasteiger partial charge in [0.15, 0.2) is 11.5 Å². The number of Topliss-reactive ketones (excluding diaryl/α,β-unsaturated/α-hetero) is 3. The lowest BCUT2D eigenvalue weighted by atomic mass is 9.54. The molecule has 2 aromatic rings. The smallest absolute Gasteiger partial charge is 0.342 e. The van der Waals surface area contributed by atoms with Gasteiger partial charge in [-0.05, 0) is 56.6 Å². The van der Waals surface area contributed by atoms with Crippen molar-refractivity contribution in [1.82, 2.24) is 0 Å². The molecule has 11 atom stereocenters. The van der Waals surface area contributed by atoms with E-state index >= 15 is 0 Å². The van der Waals surface area contributed by atoms with Crippen molar-refractivity contribution in [3.63, 3.8) is 0 Å². The highest BCUT2D eigenvalue weighted by molar-refractivity contribution is 6.15. The Bertz CT molecular complexity index is 2450. The number of methoxy groups -OCH3 is 2. The lowest BCUT2D eigenvalue weighted by molar-refractivity contribution is -0.150. The van der Waals surface area contributed by atoms with Gasteiger partial charge in [0.1, 0.15) is 53.9 Å². The standard InChI is InChI=1S/C23H26O8.C23H24O8/c2*1-10(24)30-13-7-22(2)12(5-6-14(22)25)16-18(13)23(3)15(9-28-4)31-21(27)11-8-29-20(17(11)23)19(16)26/h8,12-15,25H,5-7,9H2,1-4H3;8,12-13,15H,5-7,9H2,1-4H3/t12-,13+,14-,15+,22-,23-;12-,13+,15+,22-,23-/m00/s1. The van der Waals surface area contributed by atoms with Crippen molar-refractivity contribution in [1.29, 1.82) is 0 Å². The van der Waals surface area contributed by atoms with Crippen LogP contribution in [0.15, 0.2) is 43.7 Å². The van der Waals surface area contributed by atoms with Crippen LogP contribution in [-0.4, -0.2) is 104 Å². The van der Waals surface area contributed by atoms with Gasteiger partial charge in [-0.1, -0.05) is 13.8 Å². The third-order valence-electron chi connectivity index (χ3n) is 15.6. The molecule has 0 unspecified atom stereocenters. The number of hydrogen-bond donors (Lipinski definition) is 1. The van der Waals surface area contributed by atoms with Gasteiger partial charge in [0.05, 0.1) is 30.1 Å². The summed E-state index contributed by atoms with van der Waals surface area (Å²) in [5.41, 5.74) is 0.218. The Balaban J connectivity index is 0.000000158. The number of carbonyl (C=O) groups excluding carboxylic acids is 7. The molecule has 10 rings (SSSR count). The number of esters is 4. The lowest BCUT2D eigenvalue weighted by Crippen LogP contribution is -2.57. The normalized spacial score (nSPS) is 37.2. The number of carbonyl (C=O) groups is 7. The molecule has 2 aliphatic heterocycles. The van der Waals surface area contributed by atoms with Crippen molar-refractivity contribution in [3.8, 4) is 0 Å². The first kappa shape index (κ1) is 42.1. The zero-order chi connectivity index (χ0) is 44.6. The van der Waals surface area contributed by atoms with E-state index in [0.717, 1.165) is 0 Å². The summed E-state index contributed by atoms with van der Waals surface area (Å²) in [5.74, 6) is -3.01. The fourth-order valence-electron chi connectivity index (χ4n) is 12.8. The molecule has 0 amide bonds. The van der Waals surface area contributed by atoms with Crippen molar-refractivity contribution in [2.24, 2.45) is 22.7 Å². The van der Waals surface area contributed by atoms with Crippen molar-refractivity contribution < 1.29 is 75.9 Å². The zero-order valence-electron chi connectivity index (χ0n) is 35.9. The third-order valence-corrected chi connectivity index (χ3v) is 15.6. The van der Waals surface area contributed by atoms with Gasteiger partial charge >= 0.3 is 23.9 Å². The highest BCUT2D eigenvalue weighted by Gasteiger charge is 2.66. The Hall–Kier alpha value is -5.19.